The predicted molar refractivity (Wildman–Crippen MR) is 61.4 cm³/mol. The molecule has 0 fully saturated rings. The van der Waals surface area contributed by atoms with E-state index in [1.807, 2.05) is 24.3 Å². The Morgan fingerprint density at radius 3 is 2.62 bits per heavy atom. The number of carboxylic acid groups (broad SMARTS) is 1. The van der Waals surface area contributed by atoms with Gasteiger partial charge in [-0.25, -0.2) is 0 Å². The van der Waals surface area contributed by atoms with Crippen LogP contribution in [0.5, 0.6) is 5.75 Å². The van der Waals surface area contributed by atoms with Crippen molar-refractivity contribution in [3.05, 3.63) is 29.8 Å². The highest BCUT2D eigenvalue weighted by molar-refractivity contribution is 5.66. The normalized spacial score (nSPS) is 9.06. The predicted octanol–water partition coefficient (Wildman–Crippen LogP) is 2.30. The van der Waals surface area contributed by atoms with Gasteiger partial charge in [-0.2, -0.15) is 0 Å². The number of carbonyl (C=O) groups is 1. The number of methoxy groups -OCH3 is 1. The molecule has 0 aliphatic rings. The summed E-state index contributed by atoms with van der Waals surface area (Å²) in [5.74, 6) is 5.94. The second kappa shape index (κ2) is 6.52. The SMILES string of the molecule is COc1ccc(C#CCCCC(=O)O)cc1. The van der Waals surface area contributed by atoms with E-state index in [4.69, 9.17) is 9.84 Å². The molecule has 0 amide bonds. The molecule has 0 saturated carbocycles. The number of hydrogen-bond acceptors (Lipinski definition) is 2. The van der Waals surface area contributed by atoms with Crippen LogP contribution >= 0.6 is 0 Å². The molecule has 0 atom stereocenters. The zero-order valence-electron chi connectivity index (χ0n) is 9.19. The van der Waals surface area contributed by atoms with E-state index in [-0.39, 0.29) is 6.42 Å². The third kappa shape index (κ3) is 4.52. The van der Waals surface area contributed by atoms with E-state index >= 15 is 0 Å². The van der Waals surface area contributed by atoms with Crippen molar-refractivity contribution in [2.45, 2.75) is 19.3 Å². The number of benzene rings is 1. The molecule has 84 valence electrons. The van der Waals surface area contributed by atoms with Crippen molar-refractivity contribution >= 4 is 5.97 Å². The third-order valence-electron chi connectivity index (χ3n) is 2.02. The summed E-state index contributed by atoms with van der Waals surface area (Å²) in [7, 11) is 1.62. The molecular formula is C13H14O3. The largest absolute Gasteiger partial charge is 0.497 e. The van der Waals surface area contributed by atoms with Gasteiger partial charge in [-0.1, -0.05) is 11.8 Å². The van der Waals surface area contributed by atoms with Gasteiger partial charge in [0.25, 0.3) is 0 Å². The van der Waals surface area contributed by atoms with Crippen LogP contribution in [-0.2, 0) is 4.79 Å². The molecule has 0 aromatic heterocycles. The Morgan fingerprint density at radius 1 is 1.38 bits per heavy atom. The highest BCUT2D eigenvalue weighted by Crippen LogP contribution is 2.10. The molecule has 1 aromatic carbocycles. The first-order valence-corrected chi connectivity index (χ1v) is 5.07. The summed E-state index contributed by atoms with van der Waals surface area (Å²) in [5, 5.41) is 8.43. The average molecular weight is 218 g/mol. The molecule has 0 unspecified atom stereocenters. The van der Waals surface area contributed by atoms with E-state index in [0.717, 1.165) is 11.3 Å². The second-order valence-corrected chi connectivity index (χ2v) is 3.28. The van der Waals surface area contributed by atoms with Crippen molar-refractivity contribution in [2.24, 2.45) is 0 Å². The van der Waals surface area contributed by atoms with Crippen LogP contribution in [0.1, 0.15) is 24.8 Å². The van der Waals surface area contributed by atoms with Crippen molar-refractivity contribution in [1.29, 1.82) is 0 Å². The van der Waals surface area contributed by atoms with Crippen molar-refractivity contribution < 1.29 is 14.6 Å². The average Bonchev–Trinajstić information content (AvgIpc) is 2.29. The Balaban J connectivity index is 2.41. The third-order valence-corrected chi connectivity index (χ3v) is 2.02. The summed E-state index contributed by atoms with van der Waals surface area (Å²) in [6.07, 6.45) is 1.38. The van der Waals surface area contributed by atoms with Gasteiger partial charge in [0, 0.05) is 18.4 Å². The lowest BCUT2D eigenvalue weighted by Gasteiger charge is -1.97. The molecule has 16 heavy (non-hydrogen) atoms. The molecule has 0 aliphatic heterocycles. The zero-order valence-corrected chi connectivity index (χ0v) is 9.19. The van der Waals surface area contributed by atoms with Gasteiger partial charge in [0.2, 0.25) is 0 Å². The first kappa shape index (κ1) is 12.1. The Kier molecular flexibility index (Phi) is 4.94. The molecule has 0 aliphatic carbocycles. The second-order valence-electron chi connectivity index (χ2n) is 3.28. The van der Waals surface area contributed by atoms with Crippen LogP contribution in [0, 0.1) is 11.8 Å². The molecule has 0 radical (unpaired) electrons. The van der Waals surface area contributed by atoms with Gasteiger partial charge in [0.1, 0.15) is 5.75 Å². The Morgan fingerprint density at radius 2 is 2.06 bits per heavy atom. The minimum Gasteiger partial charge on any atom is -0.497 e. The first-order valence-electron chi connectivity index (χ1n) is 5.07. The van der Waals surface area contributed by atoms with E-state index in [1.54, 1.807) is 7.11 Å². The highest BCUT2D eigenvalue weighted by Gasteiger charge is 1.93. The molecule has 0 bridgehead atoms. The standard InChI is InChI=1S/C13H14O3/c1-16-12-9-7-11(8-10-12)5-3-2-4-6-13(14)15/h7-10H,2,4,6H2,1H3,(H,14,15). The van der Waals surface area contributed by atoms with E-state index in [9.17, 15) is 4.79 Å². The van der Waals surface area contributed by atoms with Gasteiger partial charge < -0.3 is 9.84 Å². The Bertz CT molecular complexity index is 395. The maximum absolute atomic E-state index is 10.2. The lowest BCUT2D eigenvalue weighted by molar-refractivity contribution is -0.137. The van der Waals surface area contributed by atoms with Crippen LogP contribution in [0.25, 0.3) is 0 Å². The van der Waals surface area contributed by atoms with E-state index in [2.05, 4.69) is 11.8 Å². The number of carboxylic acids is 1. The fraction of sp³-hybridized carbons (Fsp3) is 0.308. The zero-order chi connectivity index (χ0) is 11.8. The maximum Gasteiger partial charge on any atom is 0.303 e. The van der Waals surface area contributed by atoms with Crippen LogP contribution in [0.4, 0.5) is 0 Å². The van der Waals surface area contributed by atoms with Gasteiger partial charge in [-0.05, 0) is 30.7 Å². The van der Waals surface area contributed by atoms with Gasteiger partial charge in [-0.3, -0.25) is 4.79 Å². The molecule has 3 nitrogen and oxygen atoms in total. The van der Waals surface area contributed by atoms with Crippen LogP contribution < -0.4 is 4.74 Å². The first-order chi connectivity index (χ1) is 7.72. The fourth-order valence-electron chi connectivity index (χ4n) is 1.17. The van der Waals surface area contributed by atoms with Crippen LogP contribution in [0.2, 0.25) is 0 Å². The summed E-state index contributed by atoms with van der Waals surface area (Å²) >= 11 is 0. The molecule has 1 rings (SSSR count). The molecule has 0 heterocycles. The minimum absolute atomic E-state index is 0.178. The van der Waals surface area contributed by atoms with Crippen molar-refractivity contribution in [3.63, 3.8) is 0 Å². The molecule has 0 spiro atoms. The Labute approximate surface area is 95.1 Å². The van der Waals surface area contributed by atoms with Gasteiger partial charge in [0.15, 0.2) is 0 Å². The summed E-state index contributed by atoms with van der Waals surface area (Å²) in [4.78, 5) is 10.2. The lowest BCUT2D eigenvalue weighted by Crippen LogP contribution is -1.92. The van der Waals surface area contributed by atoms with Crippen molar-refractivity contribution in [1.82, 2.24) is 0 Å². The topological polar surface area (TPSA) is 46.5 Å². The number of aliphatic carboxylic acids is 1. The number of rotatable bonds is 4. The fourth-order valence-corrected chi connectivity index (χ4v) is 1.17. The van der Waals surface area contributed by atoms with Crippen molar-refractivity contribution in [2.75, 3.05) is 7.11 Å². The summed E-state index contributed by atoms with van der Waals surface area (Å²) in [5.41, 5.74) is 0.913. The Hall–Kier alpha value is -1.95. The van der Waals surface area contributed by atoms with Crippen molar-refractivity contribution in [3.8, 4) is 17.6 Å². The van der Waals surface area contributed by atoms with Gasteiger partial charge in [0.05, 0.1) is 7.11 Å². The molecular weight excluding hydrogens is 204 g/mol. The van der Waals surface area contributed by atoms with E-state index < -0.39 is 5.97 Å². The number of unbranched alkanes of at least 4 members (excludes halogenated alkanes) is 1. The smallest absolute Gasteiger partial charge is 0.303 e. The van der Waals surface area contributed by atoms with Gasteiger partial charge in [-0.15, -0.1) is 0 Å². The minimum atomic E-state index is -0.772. The van der Waals surface area contributed by atoms with E-state index in [1.165, 1.54) is 0 Å². The number of hydrogen-bond donors (Lipinski definition) is 1. The lowest BCUT2D eigenvalue weighted by atomic mass is 10.2. The van der Waals surface area contributed by atoms with Crippen LogP contribution in [0.15, 0.2) is 24.3 Å². The van der Waals surface area contributed by atoms with Crippen LogP contribution in [0.3, 0.4) is 0 Å². The highest BCUT2D eigenvalue weighted by atomic mass is 16.5. The summed E-state index contributed by atoms with van der Waals surface area (Å²) in [6, 6.07) is 7.45. The maximum atomic E-state index is 10.2. The molecule has 3 heteroatoms. The molecule has 0 saturated heterocycles. The van der Waals surface area contributed by atoms with E-state index in [0.29, 0.717) is 12.8 Å². The molecule has 1 N–H and O–H groups in total. The quantitative estimate of drug-likeness (QED) is 0.623. The molecule has 1 aromatic rings. The summed E-state index contributed by atoms with van der Waals surface area (Å²) in [6.45, 7) is 0. The monoisotopic (exact) mass is 218 g/mol. The van der Waals surface area contributed by atoms with Gasteiger partial charge >= 0.3 is 5.97 Å². The number of ether oxygens (including phenoxy) is 1. The summed E-state index contributed by atoms with van der Waals surface area (Å²) < 4.78 is 5.03. The van der Waals surface area contributed by atoms with Crippen LogP contribution in [-0.4, -0.2) is 18.2 Å².